The predicted octanol–water partition coefficient (Wildman–Crippen LogP) is 2.87. The first-order valence-corrected chi connectivity index (χ1v) is 6.85. The van der Waals surface area contributed by atoms with Crippen LogP contribution in [0, 0.1) is 18.3 Å². The zero-order valence-corrected chi connectivity index (χ0v) is 12.5. The van der Waals surface area contributed by atoms with Crippen molar-refractivity contribution in [3.8, 4) is 23.1 Å². The van der Waals surface area contributed by atoms with Crippen molar-refractivity contribution in [2.75, 3.05) is 13.2 Å². The number of aromatic nitrogens is 1. The Labute approximate surface area is 129 Å². The van der Waals surface area contributed by atoms with Crippen molar-refractivity contribution in [3.63, 3.8) is 0 Å². The molecule has 0 unspecified atom stereocenters. The predicted molar refractivity (Wildman–Crippen MR) is 81.3 cm³/mol. The molecule has 1 aromatic carbocycles. The summed E-state index contributed by atoms with van der Waals surface area (Å²) in [6.07, 6.45) is 0. The molecule has 5 heteroatoms. The SMILES string of the molecule is CC(=O)OCCOc1nc(C)c(-c2ccccc2)cc1C#N. The average molecular weight is 296 g/mol. The number of nitrogens with zero attached hydrogens (tertiary/aromatic N) is 2. The number of hydrogen-bond donors (Lipinski definition) is 0. The number of aryl methyl sites for hydroxylation is 1. The van der Waals surface area contributed by atoms with Gasteiger partial charge in [-0.1, -0.05) is 30.3 Å². The molecule has 0 radical (unpaired) electrons. The van der Waals surface area contributed by atoms with Gasteiger partial charge >= 0.3 is 5.97 Å². The van der Waals surface area contributed by atoms with Crippen molar-refractivity contribution in [1.82, 2.24) is 4.98 Å². The molecule has 0 aliphatic heterocycles. The molecule has 0 aliphatic carbocycles. The van der Waals surface area contributed by atoms with Crippen LogP contribution in [-0.2, 0) is 9.53 Å². The highest BCUT2D eigenvalue weighted by molar-refractivity contribution is 5.68. The van der Waals surface area contributed by atoms with Gasteiger partial charge in [-0.2, -0.15) is 5.26 Å². The third kappa shape index (κ3) is 3.83. The molecule has 0 saturated carbocycles. The van der Waals surface area contributed by atoms with Crippen LogP contribution in [0.3, 0.4) is 0 Å². The summed E-state index contributed by atoms with van der Waals surface area (Å²) in [5.41, 5.74) is 3.01. The van der Waals surface area contributed by atoms with E-state index in [0.717, 1.165) is 16.8 Å². The molecular weight excluding hydrogens is 280 g/mol. The zero-order valence-electron chi connectivity index (χ0n) is 12.5. The van der Waals surface area contributed by atoms with Gasteiger partial charge in [0.15, 0.2) is 0 Å². The van der Waals surface area contributed by atoms with Gasteiger partial charge in [-0.15, -0.1) is 0 Å². The van der Waals surface area contributed by atoms with Crippen LogP contribution in [0.15, 0.2) is 36.4 Å². The molecule has 0 bridgehead atoms. The maximum absolute atomic E-state index is 10.7. The van der Waals surface area contributed by atoms with Crippen molar-refractivity contribution in [3.05, 3.63) is 47.7 Å². The van der Waals surface area contributed by atoms with E-state index in [1.54, 1.807) is 6.07 Å². The van der Waals surface area contributed by atoms with E-state index in [2.05, 4.69) is 11.1 Å². The van der Waals surface area contributed by atoms with E-state index in [1.807, 2.05) is 37.3 Å². The lowest BCUT2D eigenvalue weighted by Gasteiger charge is -2.11. The van der Waals surface area contributed by atoms with Crippen LogP contribution < -0.4 is 4.74 Å². The molecule has 5 nitrogen and oxygen atoms in total. The normalized spacial score (nSPS) is 9.86. The number of ether oxygens (including phenoxy) is 2. The minimum atomic E-state index is -0.368. The Morgan fingerprint density at radius 2 is 2.00 bits per heavy atom. The number of esters is 1. The third-order valence-corrected chi connectivity index (χ3v) is 3.01. The minimum absolute atomic E-state index is 0.126. The zero-order chi connectivity index (χ0) is 15.9. The summed E-state index contributed by atoms with van der Waals surface area (Å²) in [5.74, 6) is -0.112. The molecule has 22 heavy (non-hydrogen) atoms. The van der Waals surface area contributed by atoms with Gasteiger partial charge in [0.25, 0.3) is 0 Å². The van der Waals surface area contributed by atoms with Crippen LogP contribution in [0.2, 0.25) is 0 Å². The first kappa shape index (κ1) is 15.5. The average Bonchev–Trinajstić information content (AvgIpc) is 2.52. The fourth-order valence-corrected chi connectivity index (χ4v) is 2.01. The maximum atomic E-state index is 10.7. The fraction of sp³-hybridized carbons (Fsp3) is 0.235. The van der Waals surface area contributed by atoms with E-state index in [9.17, 15) is 10.1 Å². The van der Waals surface area contributed by atoms with Gasteiger partial charge in [-0.3, -0.25) is 4.79 Å². The van der Waals surface area contributed by atoms with Gasteiger partial charge in [0, 0.05) is 18.2 Å². The van der Waals surface area contributed by atoms with Crippen LogP contribution in [0.5, 0.6) is 5.88 Å². The number of carbonyl (C=O) groups is 1. The molecular formula is C17H16N2O3. The molecule has 0 amide bonds. The monoisotopic (exact) mass is 296 g/mol. The van der Waals surface area contributed by atoms with Crippen molar-refractivity contribution in [2.45, 2.75) is 13.8 Å². The van der Waals surface area contributed by atoms with Crippen LogP contribution in [-0.4, -0.2) is 24.2 Å². The lowest BCUT2D eigenvalue weighted by atomic mass is 10.0. The van der Waals surface area contributed by atoms with Crippen molar-refractivity contribution in [2.24, 2.45) is 0 Å². The van der Waals surface area contributed by atoms with E-state index in [0.29, 0.717) is 5.56 Å². The molecule has 2 rings (SSSR count). The first-order chi connectivity index (χ1) is 10.6. The Morgan fingerprint density at radius 3 is 2.64 bits per heavy atom. The van der Waals surface area contributed by atoms with Gasteiger partial charge in [0.2, 0.25) is 5.88 Å². The Bertz CT molecular complexity index is 706. The Hall–Kier alpha value is -2.87. The van der Waals surface area contributed by atoms with Crippen LogP contribution in [0.25, 0.3) is 11.1 Å². The number of pyridine rings is 1. The summed E-state index contributed by atoms with van der Waals surface area (Å²) < 4.78 is 10.2. The van der Waals surface area contributed by atoms with Crippen LogP contribution in [0.1, 0.15) is 18.2 Å². The third-order valence-electron chi connectivity index (χ3n) is 3.01. The molecule has 0 aliphatic rings. The van der Waals surface area contributed by atoms with E-state index in [4.69, 9.17) is 9.47 Å². The first-order valence-electron chi connectivity index (χ1n) is 6.85. The van der Waals surface area contributed by atoms with Gasteiger partial charge in [-0.25, -0.2) is 4.98 Å². The van der Waals surface area contributed by atoms with E-state index >= 15 is 0 Å². The van der Waals surface area contributed by atoms with Crippen molar-refractivity contribution in [1.29, 1.82) is 5.26 Å². The second-order valence-electron chi connectivity index (χ2n) is 4.64. The summed E-state index contributed by atoms with van der Waals surface area (Å²) in [4.78, 5) is 15.0. The van der Waals surface area contributed by atoms with E-state index in [-0.39, 0.29) is 25.1 Å². The lowest BCUT2D eigenvalue weighted by molar-refractivity contribution is -0.141. The number of carbonyl (C=O) groups excluding carboxylic acids is 1. The number of rotatable bonds is 5. The van der Waals surface area contributed by atoms with Gasteiger partial charge in [0.05, 0.1) is 0 Å². The summed E-state index contributed by atoms with van der Waals surface area (Å²) in [6.45, 7) is 3.48. The highest BCUT2D eigenvalue weighted by Gasteiger charge is 2.12. The molecule has 0 spiro atoms. The summed E-state index contributed by atoms with van der Waals surface area (Å²) >= 11 is 0. The molecule has 1 aromatic heterocycles. The number of hydrogen-bond acceptors (Lipinski definition) is 5. The van der Waals surface area contributed by atoms with E-state index < -0.39 is 0 Å². The molecule has 0 fully saturated rings. The molecule has 112 valence electrons. The number of benzene rings is 1. The Balaban J connectivity index is 2.21. The smallest absolute Gasteiger partial charge is 0.302 e. The minimum Gasteiger partial charge on any atom is -0.473 e. The molecule has 0 N–H and O–H groups in total. The largest absolute Gasteiger partial charge is 0.473 e. The molecule has 0 atom stereocenters. The highest BCUT2D eigenvalue weighted by Crippen LogP contribution is 2.27. The van der Waals surface area contributed by atoms with Gasteiger partial charge in [0.1, 0.15) is 24.8 Å². The van der Waals surface area contributed by atoms with Gasteiger partial charge in [-0.05, 0) is 18.6 Å². The lowest BCUT2D eigenvalue weighted by Crippen LogP contribution is -2.11. The quantitative estimate of drug-likeness (QED) is 0.626. The van der Waals surface area contributed by atoms with Gasteiger partial charge < -0.3 is 9.47 Å². The number of nitriles is 1. The van der Waals surface area contributed by atoms with E-state index in [1.165, 1.54) is 6.92 Å². The van der Waals surface area contributed by atoms with Crippen LogP contribution in [0.4, 0.5) is 0 Å². The summed E-state index contributed by atoms with van der Waals surface area (Å²) in [5, 5.41) is 9.27. The second-order valence-corrected chi connectivity index (χ2v) is 4.64. The van der Waals surface area contributed by atoms with Crippen LogP contribution >= 0.6 is 0 Å². The Kier molecular flexibility index (Phi) is 5.10. The highest BCUT2D eigenvalue weighted by atomic mass is 16.6. The maximum Gasteiger partial charge on any atom is 0.302 e. The molecule has 2 aromatic rings. The summed E-state index contributed by atoms with van der Waals surface area (Å²) in [6, 6.07) is 13.6. The Morgan fingerprint density at radius 1 is 1.27 bits per heavy atom. The standard InChI is InChI=1S/C17H16N2O3/c1-12-16(14-6-4-3-5-7-14)10-15(11-18)17(19-12)22-9-8-21-13(2)20/h3-7,10H,8-9H2,1-2H3. The van der Waals surface area contributed by atoms with Crippen molar-refractivity contribution >= 4 is 5.97 Å². The molecule has 1 heterocycles. The fourth-order valence-electron chi connectivity index (χ4n) is 2.01. The van der Waals surface area contributed by atoms with Crippen molar-refractivity contribution < 1.29 is 14.3 Å². The second kappa shape index (κ2) is 7.23. The molecule has 0 saturated heterocycles. The topological polar surface area (TPSA) is 72.2 Å². The summed E-state index contributed by atoms with van der Waals surface area (Å²) in [7, 11) is 0.